The number of carbonyl (C=O) groups is 2. The van der Waals surface area contributed by atoms with Crippen LogP contribution in [-0.4, -0.2) is 42.9 Å². The summed E-state index contributed by atoms with van der Waals surface area (Å²) in [6.45, 7) is 2.34. The summed E-state index contributed by atoms with van der Waals surface area (Å²) >= 11 is 6.33. The number of halogens is 1. The molecule has 152 valence electrons. The van der Waals surface area contributed by atoms with Crippen molar-refractivity contribution in [2.24, 2.45) is 5.92 Å². The molecule has 2 aliphatic rings. The van der Waals surface area contributed by atoms with E-state index in [1.54, 1.807) is 6.07 Å². The third-order valence-electron chi connectivity index (χ3n) is 5.49. The van der Waals surface area contributed by atoms with E-state index in [2.05, 4.69) is 0 Å². The molecule has 0 saturated carbocycles. The van der Waals surface area contributed by atoms with E-state index in [0.29, 0.717) is 55.7 Å². The number of amides is 1. The van der Waals surface area contributed by atoms with E-state index in [1.807, 2.05) is 41.3 Å². The number of ether oxygens (including phenoxy) is 2. The van der Waals surface area contributed by atoms with Crippen LogP contribution >= 0.6 is 11.6 Å². The van der Waals surface area contributed by atoms with Gasteiger partial charge >= 0.3 is 0 Å². The molecule has 0 N–H and O–H groups in total. The van der Waals surface area contributed by atoms with E-state index >= 15 is 0 Å². The monoisotopic (exact) mass is 413 g/mol. The summed E-state index contributed by atoms with van der Waals surface area (Å²) in [5, 5.41) is 0.472. The molecule has 0 bridgehead atoms. The number of hydrogen-bond donors (Lipinski definition) is 0. The van der Waals surface area contributed by atoms with Gasteiger partial charge in [0.25, 0.3) is 0 Å². The minimum Gasteiger partial charge on any atom is -0.489 e. The van der Waals surface area contributed by atoms with Gasteiger partial charge in [-0.3, -0.25) is 9.59 Å². The molecule has 0 unspecified atom stereocenters. The Morgan fingerprint density at radius 1 is 1.03 bits per heavy atom. The van der Waals surface area contributed by atoms with Crippen LogP contribution in [0.25, 0.3) is 0 Å². The van der Waals surface area contributed by atoms with Gasteiger partial charge in [0, 0.05) is 31.0 Å². The van der Waals surface area contributed by atoms with Gasteiger partial charge in [0.05, 0.1) is 24.7 Å². The lowest BCUT2D eigenvalue weighted by Crippen LogP contribution is -2.41. The van der Waals surface area contributed by atoms with E-state index < -0.39 is 0 Å². The smallest absolute Gasteiger partial charge is 0.226 e. The molecule has 2 aromatic rings. The zero-order valence-corrected chi connectivity index (χ0v) is 17.0. The fourth-order valence-electron chi connectivity index (χ4n) is 3.90. The molecule has 2 heterocycles. The van der Waals surface area contributed by atoms with Gasteiger partial charge in [0.1, 0.15) is 0 Å². The van der Waals surface area contributed by atoms with E-state index in [0.717, 1.165) is 17.5 Å². The number of carbonyl (C=O) groups excluding carboxylic acids is 2. The molecule has 1 fully saturated rings. The molecule has 2 aliphatic heterocycles. The SMILES string of the molecule is O=C(c1ccccc1)C1CCN(C(=O)Cc2cc(Cl)c3c(c2)OCCCO3)CC1. The predicted molar refractivity (Wildman–Crippen MR) is 111 cm³/mol. The van der Waals surface area contributed by atoms with Crippen LogP contribution < -0.4 is 9.47 Å². The van der Waals surface area contributed by atoms with Crippen LogP contribution in [0.2, 0.25) is 5.02 Å². The second-order valence-corrected chi connectivity index (χ2v) is 7.92. The van der Waals surface area contributed by atoms with Gasteiger partial charge in [-0.25, -0.2) is 0 Å². The zero-order chi connectivity index (χ0) is 20.2. The molecule has 0 spiro atoms. The van der Waals surface area contributed by atoms with Gasteiger partial charge in [-0.2, -0.15) is 0 Å². The van der Waals surface area contributed by atoms with Crippen molar-refractivity contribution in [1.82, 2.24) is 4.90 Å². The van der Waals surface area contributed by atoms with Crippen LogP contribution in [-0.2, 0) is 11.2 Å². The summed E-state index contributed by atoms with van der Waals surface area (Å²) in [6, 6.07) is 13.0. The van der Waals surface area contributed by atoms with E-state index in [9.17, 15) is 9.59 Å². The first kappa shape index (κ1) is 19.8. The number of ketones is 1. The molecule has 1 saturated heterocycles. The summed E-state index contributed by atoms with van der Waals surface area (Å²) in [6.07, 6.45) is 2.45. The van der Waals surface area contributed by atoms with E-state index in [1.165, 1.54) is 0 Å². The summed E-state index contributed by atoms with van der Waals surface area (Å²) < 4.78 is 11.3. The maximum Gasteiger partial charge on any atom is 0.226 e. The largest absolute Gasteiger partial charge is 0.489 e. The number of hydrogen-bond acceptors (Lipinski definition) is 4. The van der Waals surface area contributed by atoms with Crippen molar-refractivity contribution in [2.45, 2.75) is 25.7 Å². The highest BCUT2D eigenvalue weighted by Gasteiger charge is 2.28. The Bertz CT molecular complexity index is 891. The highest BCUT2D eigenvalue weighted by Crippen LogP contribution is 2.38. The highest BCUT2D eigenvalue weighted by atomic mass is 35.5. The fourth-order valence-corrected chi connectivity index (χ4v) is 4.19. The molecule has 0 aromatic heterocycles. The average Bonchev–Trinajstić information content (AvgIpc) is 3.00. The number of Topliss-reactive ketones (excluding diaryl/α,β-unsaturated/α-hetero) is 1. The summed E-state index contributed by atoms with van der Waals surface area (Å²) in [5.74, 6) is 1.35. The number of benzene rings is 2. The minimum atomic E-state index is -0.0195. The Hall–Kier alpha value is -2.53. The lowest BCUT2D eigenvalue weighted by molar-refractivity contribution is -0.131. The lowest BCUT2D eigenvalue weighted by atomic mass is 9.88. The number of rotatable bonds is 4. The molecule has 0 radical (unpaired) electrons. The van der Waals surface area contributed by atoms with Crippen molar-refractivity contribution in [3.05, 3.63) is 58.6 Å². The molecule has 0 aliphatic carbocycles. The zero-order valence-electron chi connectivity index (χ0n) is 16.2. The average molecular weight is 414 g/mol. The Morgan fingerprint density at radius 2 is 1.76 bits per heavy atom. The lowest BCUT2D eigenvalue weighted by Gasteiger charge is -2.31. The van der Waals surface area contributed by atoms with E-state index in [-0.39, 0.29) is 24.0 Å². The molecule has 0 atom stereocenters. The molecular weight excluding hydrogens is 390 g/mol. The fraction of sp³-hybridized carbons (Fsp3) is 0.391. The number of piperidine rings is 1. The Kier molecular flexibility index (Phi) is 6.05. The van der Waals surface area contributed by atoms with Gasteiger partial charge in [-0.15, -0.1) is 0 Å². The second kappa shape index (κ2) is 8.87. The Morgan fingerprint density at radius 3 is 2.52 bits per heavy atom. The van der Waals surface area contributed by atoms with Crippen molar-refractivity contribution in [3.63, 3.8) is 0 Å². The van der Waals surface area contributed by atoms with Gasteiger partial charge < -0.3 is 14.4 Å². The van der Waals surface area contributed by atoms with Crippen LogP contribution in [0.1, 0.15) is 35.2 Å². The summed E-state index contributed by atoms with van der Waals surface area (Å²) in [5.41, 5.74) is 1.56. The molecular formula is C23H24ClNO4. The van der Waals surface area contributed by atoms with Crippen LogP contribution in [0.5, 0.6) is 11.5 Å². The molecule has 2 aromatic carbocycles. The van der Waals surface area contributed by atoms with Crippen LogP contribution in [0.15, 0.2) is 42.5 Å². The number of likely N-dealkylation sites (tertiary alicyclic amines) is 1. The van der Waals surface area contributed by atoms with Crippen molar-refractivity contribution in [1.29, 1.82) is 0 Å². The molecule has 4 rings (SSSR count). The maximum absolute atomic E-state index is 12.8. The normalized spacial score (nSPS) is 16.9. The number of nitrogens with zero attached hydrogens (tertiary/aromatic N) is 1. The maximum atomic E-state index is 12.8. The Balaban J connectivity index is 1.36. The van der Waals surface area contributed by atoms with Gasteiger partial charge in [-0.1, -0.05) is 41.9 Å². The first-order chi connectivity index (χ1) is 14.1. The van der Waals surface area contributed by atoms with Crippen molar-refractivity contribution in [2.75, 3.05) is 26.3 Å². The van der Waals surface area contributed by atoms with Crippen molar-refractivity contribution < 1.29 is 19.1 Å². The molecule has 5 nitrogen and oxygen atoms in total. The summed E-state index contributed by atoms with van der Waals surface area (Å²) in [7, 11) is 0. The third kappa shape index (κ3) is 4.56. The summed E-state index contributed by atoms with van der Waals surface area (Å²) in [4.78, 5) is 27.3. The third-order valence-corrected chi connectivity index (χ3v) is 5.77. The molecule has 1 amide bonds. The van der Waals surface area contributed by atoms with Crippen LogP contribution in [0, 0.1) is 5.92 Å². The molecule has 6 heteroatoms. The number of fused-ring (bicyclic) bond motifs is 1. The molecule has 29 heavy (non-hydrogen) atoms. The van der Waals surface area contributed by atoms with Gasteiger partial charge in [0.2, 0.25) is 5.91 Å². The highest BCUT2D eigenvalue weighted by molar-refractivity contribution is 6.32. The van der Waals surface area contributed by atoms with Crippen molar-refractivity contribution in [3.8, 4) is 11.5 Å². The minimum absolute atomic E-state index is 0.0195. The standard InChI is InChI=1S/C23H24ClNO4/c24-19-13-16(14-20-23(19)29-12-4-11-28-20)15-21(26)25-9-7-18(8-10-25)22(27)17-5-2-1-3-6-17/h1-3,5-6,13-14,18H,4,7-12,15H2. The predicted octanol–water partition coefficient (Wildman–Crippen LogP) is 4.17. The van der Waals surface area contributed by atoms with Gasteiger partial charge in [0.15, 0.2) is 17.3 Å². The van der Waals surface area contributed by atoms with E-state index in [4.69, 9.17) is 21.1 Å². The first-order valence-electron chi connectivity index (χ1n) is 10.1. The van der Waals surface area contributed by atoms with Crippen LogP contribution in [0.3, 0.4) is 0 Å². The van der Waals surface area contributed by atoms with Crippen LogP contribution in [0.4, 0.5) is 0 Å². The topological polar surface area (TPSA) is 55.8 Å². The quantitative estimate of drug-likeness (QED) is 0.706. The second-order valence-electron chi connectivity index (χ2n) is 7.52. The van der Waals surface area contributed by atoms with Gasteiger partial charge in [-0.05, 0) is 30.5 Å². The Labute approximate surface area is 175 Å². The first-order valence-corrected chi connectivity index (χ1v) is 10.4. The van der Waals surface area contributed by atoms with Crippen molar-refractivity contribution >= 4 is 23.3 Å².